The summed E-state index contributed by atoms with van der Waals surface area (Å²) in [6, 6.07) is 10.00. The van der Waals surface area contributed by atoms with Crippen molar-refractivity contribution in [3.05, 3.63) is 42.2 Å². The van der Waals surface area contributed by atoms with Crippen LogP contribution in [0.5, 0.6) is 0 Å². The molecule has 2 rings (SSSR count). The Morgan fingerprint density at radius 1 is 1.29 bits per heavy atom. The second-order valence-electron chi connectivity index (χ2n) is 3.34. The predicted molar refractivity (Wildman–Crippen MR) is 56.6 cm³/mol. The van der Waals surface area contributed by atoms with Crippen LogP contribution in [0.2, 0.25) is 0 Å². The normalized spacial score (nSPS) is 12.7. The number of aromatic nitrogens is 2. The van der Waals surface area contributed by atoms with Crippen LogP contribution in [-0.2, 0) is 0 Å². The Morgan fingerprint density at radius 2 is 2.00 bits per heavy atom. The summed E-state index contributed by atoms with van der Waals surface area (Å²) in [6.45, 7) is 1.93. The van der Waals surface area contributed by atoms with Gasteiger partial charge >= 0.3 is 0 Å². The van der Waals surface area contributed by atoms with Crippen LogP contribution in [0, 0.1) is 0 Å². The summed E-state index contributed by atoms with van der Waals surface area (Å²) in [4.78, 5) is 7.46. The van der Waals surface area contributed by atoms with E-state index in [1.54, 1.807) is 6.20 Å². The quantitative estimate of drug-likeness (QED) is 0.756. The number of nitrogens with zero attached hydrogens (tertiary/aromatic N) is 1. The third kappa shape index (κ3) is 1.67. The minimum Gasteiger partial charge on any atom is -0.341 e. The standard InChI is InChI=1S/C11H13N3/c1-8(12)10-7-13-11(14-10)9-5-3-2-4-6-9/h2-8H,12H2,1H3,(H,13,14)/t8-/m0/s1. The maximum absolute atomic E-state index is 5.73. The number of benzene rings is 1. The fourth-order valence-electron chi connectivity index (χ4n) is 1.31. The van der Waals surface area contributed by atoms with Crippen molar-refractivity contribution in [3.8, 4) is 11.4 Å². The van der Waals surface area contributed by atoms with E-state index >= 15 is 0 Å². The highest BCUT2D eigenvalue weighted by Gasteiger charge is 2.05. The van der Waals surface area contributed by atoms with E-state index < -0.39 is 0 Å². The summed E-state index contributed by atoms with van der Waals surface area (Å²) in [5.41, 5.74) is 7.78. The van der Waals surface area contributed by atoms with Gasteiger partial charge in [0.05, 0.1) is 11.9 Å². The Morgan fingerprint density at radius 3 is 2.57 bits per heavy atom. The van der Waals surface area contributed by atoms with E-state index in [4.69, 9.17) is 5.73 Å². The van der Waals surface area contributed by atoms with Crippen molar-refractivity contribution in [1.82, 2.24) is 9.97 Å². The highest BCUT2D eigenvalue weighted by molar-refractivity contribution is 5.54. The second kappa shape index (κ2) is 3.64. The Balaban J connectivity index is 2.34. The Bertz CT molecular complexity index is 403. The summed E-state index contributed by atoms with van der Waals surface area (Å²) in [7, 11) is 0. The van der Waals surface area contributed by atoms with Crippen LogP contribution in [0.25, 0.3) is 11.4 Å². The maximum atomic E-state index is 5.73. The molecule has 1 atom stereocenters. The molecule has 1 aromatic carbocycles. The molecule has 0 spiro atoms. The molecule has 1 heterocycles. The molecule has 0 aliphatic carbocycles. The lowest BCUT2D eigenvalue weighted by Gasteiger charge is -1.99. The number of hydrogen-bond donors (Lipinski definition) is 2. The molecule has 0 aliphatic heterocycles. The van der Waals surface area contributed by atoms with Gasteiger partial charge in [0.2, 0.25) is 0 Å². The first-order chi connectivity index (χ1) is 6.77. The Labute approximate surface area is 83.0 Å². The number of nitrogens with two attached hydrogens (primary N) is 1. The Kier molecular flexibility index (Phi) is 2.33. The van der Waals surface area contributed by atoms with Gasteiger partial charge in [-0.25, -0.2) is 4.98 Å². The molecular formula is C11H13N3. The first-order valence-corrected chi connectivity index (χ1v) is 4.63. The largest absolute Gasteiger partial charge is 0.341 e. The van der Waals surface area contributed by atoms with E-state index in [2.05, 4.69) is 9.97 Å². The van der Waals surface area contributed by atoms with Crippen molar-refractivity contribution in [2.45, 2.75) is 13.0 Å². The topological polar surface area (TPSA) is 54.7 Å². The molecule has 3 nitrogen and oxygen atoms in total. The van der Waals surface area contributed by atoms with Gasteiger partial charge in [0, 0.05) is 11.6 Å². The molecule has 72 valence electrons. The summed E-state index contributed by atoms with van der Waals surface area (Å²) in [6.07, 6.45) is 1.78. The van der Waals surface area contributed by atoms with Crippen molar-refractivity contribution in [3.63, 3.8) is 0 Å². The van der Waals surface area contributed by atoms with E-state index in [1.807, 2.05) is 37.3 Å². The van der Waals surface area contributed by atoms with E-state index in [0.717, 1.165) is 17.1 Å². The average Bonchev–Trinajstić information content (AvgIpc) is 2.68. The molecule has 2 aromatic rings. The van der Waals surface area contributed by atoms with Crippen molar-refractivity contribution >= 4 is 0 Å². The number of rotatable bonds is 2. The molecule has 1 aromatic heterocycles. The first kappa shape index (κ1) is 8.97. The molecule has 3 heteroatoms. The van der Waals surface area contributed by atoms with Crippen LogP contribution >= 0.6 is 0 Å². The van der Waals surface area contributed by atoms with Gasteiger partial charge < -0.3 is 10.7 Å². The number of imidazole rings is 1. The van der Waals surface area contributed by atoms with Gasteiger partial charge in [-0.05, 0) is 6.92 Å². The van der Waals surface area contributed by atoms with Gasteiger partial charge in [-0.3, -0.25) is 0 Å². The van der Waals surface area contributed by atoms with Gasteiger partial charge in [0.25, 0.3) is 0 Å². The van der Waals surface area contributed by atoms with Crippen molar-refractivity contribution in [2.24, 2.45) is 5.73 Å². The number of hydrogen-bond acceptors (Lipinski definition) is 2. The molecule has 0 aliphatic rings. The third-order valence-electron chi connectivity index (χ3n) is 2.13. The molecule has 0 amide bonds. The van der Waals surface area contributed by atoms with Crippen molar-refractivity contribution < 1.29 is 0 Å². The molecule has 0 saturated heterocycles. The monoisotopic (exact) mass is 187 g/mol. The van der Waals surface area contributed by atoms with Gasteiger partial charge in [-0.2, -0.15) is 0 Å². The predicted octanol–water partition coefficient (Wildman–Crippen LogP) is 2.10. The van der Waals surface area contributed by atoms with E-state index in [9.17, 15) is 0 Å². The summed E-state index contributed by atoms with van der Waals surface area (Å²) in [5, 5.41) is 0. The van der Waals surface area contributed by atoms with Crippen LogP contribution in [0.15, 0.2) is 36.5 Å². The zero-order chi connectivity index (χ0) is 9.97. The molecular weight excluding hydrogens is 174 g/mol. The van der Waals surface area contributed by atoms with E-state index in [1.165, 1.54) is 0 Å². The SMILES string of the molecule is C[C@H](N)c1cnc(-c2ccccc2)[nH]1. The lowest BCUT2D eigenvalue weighted by molar-refractivity contribution is 0.789. The van der Waals surface area contributed by atoms with Gasteiger partial charge in [0.15, 0.2) is 0 Å². The molecule has 0 radical (unpaired) electrons. The first-order valence-electron chi connectivity index (χ1n) is 4.63. The van der Waals surface area contributed by atoms with Crippen LogP contribution < -0.4 is 5.73 Å². The van der Waals surface area contributed by atoms with Crippen LogP contribution in [0.4, 0.5) is 0 Å². The van der Waals surface area contributed by atoms with Crippen LogP contribution in [0.1, 0.15) is 18.7 Å². The highest BCUT2D eigenvalue weighted by Crippen LogP contribution is 2.16. The van der Waals surface area contributed by atoms with Gasteiger partial charge in [-0.1, -0.05) is 30.3 Å². The van der Waals surface area contributed by atoms with Crippen molar-refractivity contribution in [2.75, 3.05) is 0 Å². The smallest absolute Gasteiger partial charge is 0.137 e. The Hall–Kier alpha value is -1.61. The summed E-state index contributed by atoms with van der Waals surface area (Å²) in [5.74, 6) is 0.873. The van der Waals surface area contributed by atoms with Crippen LogP contribution in [-0.4, -0.2) is 9.97 Å². The fourth-order valence-corrected chi connectivity index (χ4v) is 1.31. The fraction of sp³-hybridized carbons (Fsp3) is 0.182. The number of H-pyrrole nitrogens is 1. The zero-order valence-corrected chi connectivity index (χ0v) is 8.07. The molecule has 3 N–H and O–H groups in total. The van der Waals surface area contributed by atoms with Gasteiger partial charge in [-0.15, -0.1) is 0 Å². The average molecular weight is 187 g/mol. The van der Waals surface area contributed by atoms with Crippen LogP contribution in [0.3, 0.4) is 0 Å². The number of aromatic amines is 1. The van der Waals surface area contributed by atoms with E-state index in [0.29, 0.717) is 0 Å². The second-order valence-corrected chi connectivity index (χ2v) is 3.34. The maximum Gasteiger partial charge on any atom is 0.137 e. The number of nitrogens with one attached hydrogen (secondary N) is 1. The highest BCUT2D eigenvalue weighted by atomic mass is 14.9. The molecule has 0 fully saturated rings. The van der Waals surface area contributed by atoms with Gasteiger partial charge in [0.1, 0.15) is 5.82 Å². The summed E-state index contributed by atoms with van der Waals surface area (Å²) < 4.78 is 0. The lowest BCUT2D eigenvalue weighted by atomic mass is 10.2. The van der Waals surface area contributed by atoms with E-state index in [-0.39, 0.29) is 6.04 Å². The molecule has 0 bridgehead atoms. The van der Waals surface area contributed by atoms with Crippen molar-refractivity contribution in [1.29, 1.82) is 0 Å². The molecule has 14 heavy (non-hydrogen) atoms. The minimum atomic E-state index is -0.0000350. The minimum absolute atomic E-state index is 0.0000350. The molecule has 0 saturated carbocycles. The lowest BCUT2D eigenvalue weighted by Crippen LogP contribution is -2.04. The molecule has 0 unspecified atom stereocenters. The summed E-state index contributed by atoms with van der Waals surface area (Å²) >= 11 is 0. The zero-order valence-electron chi connectivity index (χ0n) is 8.07. The third-order valence-corrected chi connectivity index (χ3v) is 2.13.